The molecule has 0 aliphatic carbocycles. The van der Waals surface area contributed by atoms with E-state index in [9.17, 15) is 4.57 Å². The lowest BCUT2D eigenvalue weighted by molar-refractivity contribution is 0.386. The van der Waals surface area contributed by atoms with Gasteiger partial charge >= 0.3 is 7.60 Å². The van der Waals surface area contributed by atoms with Crippen molar-refractivity contribution in [2.45, 2.75) is 0 Å². The minimum atomic E-state index is -3.98. The van der Waals surface area contributed by atoms with Crippen LogP contribution in [-0.4, -0.2) is 9.79 Å². The Morgan fingerprint density at radius 1 is 1.57 bits per heavy atom. The fourth-order valence-corrected chi connectivity index (χ4v) is 0.661. The quantitative estimate of drug-likeness (QED) is 0.534. The van der Waals surface area contributed by atoms with E-state index in [1.54, 1.807) is 0 Å². The van der Waals surface area contributed by atoms with Crippen LogP contribution < -0.4 is 0 Å². The summed E-state index contributed by atoms with van der Waals surface area (Å²) in [5.41, 5.74) is 0.792. The van der Waals surface area contributed by atoms with E-state index >= 15 is 0 Å². The summed E-state index contributed by atoms with van der Waals surface area (Å²) in [4.78, 5) is 15.9. The molecule has 0 spiro atoms. The molecule has 42 valence electrons. The standard InChI is InChI=1S/C2H4ClO3P/c3-1-2-7(4,5)6/h1-2H,(H2,4,5,6)/b2-1+. The molecule has 5 heteroatoms. The Morgan fingerprint density at radius 2 is 2.00 bits per heavy atom. The van der Waals surface area contributed by atoms with E-state index < -0.39 is 7.60 Å². The highest BCUT2D eigenvalue weighted by Crippen LogP contribution is 2.35. The Morgan fingerprint density at radius 3 is 2.00 bits per heavy atom. The number of hydrogen-bond acceptors (Lipinski definition) is 1. The van der Waals surface area contributed by atoms with Gasteiger partial charge in [0, 0.05) is 11.4 Å². The second-order valence-electron chi connectivity index (χ2n) is 0.864. The van der Waals surface area contributed by atoms with Crippen molar-refractivity contribution in [2.75, 3.05) is 0 Å². The molecule has 0 atom stereocenters. The Labute approximate surface area is 45.8 Å². The monoisotopic (exact) mass is 142 g/mol. The van der Waals surface area contributed by atoms with Crippen molar-refractivity contribution in [2.24, 2.45) is 0 Å². The molecule has 0 rings (SSSR count). The molecule has 7 heavy (non-hydrogen) atoms. The second-order valence-corrected chi connectivity index (χ2v) is 2.59. The van der Waals surface area contributed by atoms with Crippen LogP contribution in [-0.2, 0) is 4.57 Å². The predicted molar refractivity (Wildman–Crippen MR) is 27.0 cm³/mol. The van der Waals surface area contributed by atoms with E-state index in [2.05, 4.69) is 0 Å². The van der Waals surface area contributed by atoms with Gasteiger partial charge in [0.1, 0.15) is 0 Å². The number of rotatable bonds is 1. The summed E-state index contributed by atoms with van der Waals surface area (Å²) in [6, 6.07) is 0. The van der Waals surface area contributed by atoms with Gasteiger partial charge in [-0.25, -0.2) is 0 Å². The smallest absolute Gasteiger partial charge is 0.321 e. The lowest BCUT2D eigenvalue weighted by atomic mass is 11.3. The molecule has 0 aromatic heterocycles. The van der Waals surface area contributed by atoms with Crippen molar-refractivity contribution in [1.29, 1.82) is 0 Å². The van der Waals surface area contributed by atoms with Crippen LogP contribution in [0.25, 0.3) is 0 Å². The van der Waals surface area contributed by atoms with Crippen LogP contribution in [0.2, 0.25) is 0 Å². The molecule has 0 saturated carbocycles. The highest BCUT2D eigenvalue weighted by molar-refractivity contribution is 7.55. The first kappa shape index (κ1) is 7.18. The van der Waals surface area contributed by atoms with Crippen LogP contribution in [0.15, 0.2) is 11.4 Å². The summed E-state index contributed by atoms with van der Waals surface area (Å²) in [6.07, 6.45) is 0. The molecule has 0 fully saturated rings. The lowest BCUT2D eigenvalue weighted by Crippen LogP contribution is -1.64. The average molecular weight is 142 g/mol. The maximum Gasteiger partial charge on any atom is 0.349 e. The zero-order valence-electron chi connectivity index (χ0n) is 3.28. The van der Waals surface area contributed by atoms with Gasteiger partial charge in [0.2, 0.25) is 0 Å². The topological polar surface area (TPSA) is 57.5 Å². The molecule has 2 N–H and O–H groups in total. The number of hydrogen-bond donors (Lipinski definition) is 2. The first-order valence-electron chi connectivity index (χ1n) is 1.39. The molecular weight excluding hydrogens is 138 g/mol. The Balaban J connectivity index is 3.82. The van der Waals surface area contributed by atoms with Crippen LogP contribution >= 0.6 is 19.2 Å². The second kappa shape index (κ2) is 2.48. The lowest BCUT2D eigenvalue weighted by Gasteiger charge is -1.88. The summed E-state index contributed by atoms with van der Waals surface area (Å²) in [5, 5.41) is 0. The largest absolute Gasteiger partial charge is 0.349 e. The fourth-order valence-electron chi connectivity index (χ4n) is 0.0734. The Hall–Kier alpha value is 0.180. The molecule has 0 aliphatic rings. The van der Waals surface area contributed by atoms with Gasteiger partial charge < -0.3 is 9.79 Å². The predicted octanol–water partition coefficient (Wildman–Crippen LogP) is 0.874. The highest BCUT2D eigenvalue weighted by Gasteiger charge is 2.03. The van der Waals surface area contributed by atoms with Crippen molar-refractivity contribution < 1.29 is 14.4 Å². The highest BCUT2D eigenvalue weighted by atomic mass is 35.5. The molecule has 0 unspecified atom stereocenters. The average Bonchev–Trinajstić information content (AvgIpc) is 1.30. The van der Waals surface area contributed by atoms with Gasteiger partial charge in [0.15, 0.2) is 0 Å². The van der Waals surface area contributed by atoms with Gasteiger partial charge in [-0.1, -0.05) is 11.6 Å². The molecule has 0 saturated heterocycles. The summed E-state index contributed by atoms with van der Waals surface area (Å²) < 4.78 is 9.75. The molecule has 0 aromatic rings. The molecule has 3 nitrogen and oxygen atoms in total. The summed E-state index contributed by atoms with van der Waals surface area (Å²) >= 11 is 4.81. The minimum Gasteiger partial charge on any atom is -0.321 e. The van der Waals surface area contributed by atoms with Crippen LogP contribution in [0.1, 0.15) is 0 Å². The van der Waals surface area contributed by atoms with E-state index in [0.29, 0.717) is 5.82 Å². The zero-order valence-corrected chi connectivity index (χ0v) is 4.93. The Bertz CT molecular complexity index is 114. The summed E-state index contributed by atoms with van der Waals surface area (Å²) in [6.45, 7) is 0. The van der Waals surface area contributed by atoms with E-state index in [-0.39, 0.29) is 0 Å². The van der Waals surface area contributed by atoms with Crippen LogP contribution in [0.3, 0.4) is 0 Å². The van der Waals surface area contributed by atoms with Crippen LogP contribution in [0.5, 0.6) is 0 Å². The molecule has 0 amide bonds. The molecule has 0 aliphatic heterocycles. The molecule has 0 aromatic carbocycles. The molecular formula is C2H4ClO3P. The van der Waals surface area contributed by atoms with E-state index in [0.717, 1.165) is 5.54 Å². The third kappa shape index (κ3) is 6.18. The van der Waals surface area contributed by atoms with Gasteiger partial charge in [-0.2, -0.15) is 0 Å². The third-order valence-electron chi connectivity index (χ3n) is 0.251. The van der Waals surface area contributed by atoms with Crippen molar-refractivity contribution in [3.8, 4) is 0 Å². The van der Waals surface area contributed by atoms with Crippen molar-refractivity contribution in [3.63, 3.8) is 0 Å². The van der Waals surface area contributed by atoms with E-state index in [4.69, 9.17) is 21.4 Å². The molecule has 0 bridgehead atoms. The normalized spacial score (nSPS) is 13.0. The van der Waals surface area contributed by atoms with Gasteiger partial charge in [-0.15, -0.1) is 0 Å². The van der Waals surface area contributed by atoms with Crippen molar-refractivity contribution in [3.05, 3.63) is 11.4 Å². The summed E-state index contributed by atoms with van der Waals surface area (Å²) in [7, 11) is -3.98. The van der Waals surface area contributed by atoms with Gasteiger partial charge in [-0.3, -0.25) is 4.57 Å². The SMILES string of the molecule is O=P(O)(O)/C=C/Cl. The Kier molecular flexibility index (Phi) is 2.54. The van der Waals surface area contributed by atoms with Crippen molar-refractivity contribution >= 4 is 19.2 Å². The first-order valence-corrected chi connectivity index (χ1v) is 3.51. The van der Waals surface area contributed by atoms with Gasteiger partial charge in [0.25, 0.3) is 0 Å². The maximum absolute atomic E-state index is 9.75. The van der Waals surface area contributed by atoms with Crippen molar-refractivity contribution in [1.82, 2.24) is 0 Å². The molecule has 0 heterocycles. The first-order chi connectivity index (χ1) is 3.06. The van der Waals surface area contributed by atoms with Gasteiger partial charge in [-0.05, 0) is 0 Å². The molecule has 0 radical (unpaired) electrons. The maximum atomic E-state index is 9.75. The summed E-state index contributed by atoms with van der Waals surface area (Å²) in [5.74, 6) is 0.620. The van der Waals surface area contributed by atoms with Gasteiger partial charge in [0.05, 0.1) is 0 Å². The van der Waals surface area contributed by atoms with E-state index in [1.165, 1.54) is 0 Å². The van der Waals surface area contributed by atoms with E-state index in [1.807, 2.05) is 0 Å². The minimum absolute atomic E-state index is 0.620. The fraction of sp³-hybridized carbons (Fsp3) is 0. The van der Waals surface area contributed by atoms with Crippen LogP contribution in [0, 0.1) is 0 Å². The number of halogens is 1. The van der Waals surface area contributed by atoms with Crippen LogP contribution in [0.4, 0.5) is 0 Å². The zero-order chi connectivity index (χ0) is 5.91. The third-order valence-corrected chi connectivity index (χ3v) is 1.09.